The van der Waals surface area contributed by atoms with Crippen molar-refractivity contribution in [2.75, 3.05) is 24.4 Å². The Balaban J connectivity index is 0.000000696. The van der Waals surface area contributed by atoms with E-state index in [9.17, 15) is 4.79 Å². The summed E-state index contributed by atoms with van der Waals surface area (Å²) in [4.78, 5) is 15.3. The lowest BCUT2D eigenvalue weighted by molar-refractivity contribution is -0.360. The number of pyridine rings is 1. The van der Waals surface area contributed by atoms with Crippen molar-refractivity contribution in [3.63, 3.8) is 0 Å². The summed E-state index contributed by atoms with van der Waals surface area (Å²) in [6, 6.07) is 11.4. The first-order valence-electron chi connectivity index (χ1n) is 9.88. The zero-order chi connectivity index (χ0) is 24.8. The minimum atomic E-state index is -3.92. The number of carbonyl (C=O) groups is 1. The predicted molar refractivity (Wildman–Crippen MR) is 123 cm³/mol. The number of aromatic amines is 1. The molecule has 0 radical (unpaired) electrons. The Morgan fingerprint density at radius 1 is 1.21 bits per heavy atom. The van der Waals surface area contributed by atoms with Crippen LogP contribution in [0.15, 0.2) is 47.1 Å². The van der Waals surface area contributed by atoms with E-state index in [1.165, 1.54) is 0 Å². The molecule has 4 N–H and O–H groups in total. The summed E-state index contributed by atoms with van der Waals surface area (Å²) >= 11 is 0. The monoisotopic (exact) mass is 476 g/mol. The summed E-state index contributed by atoms with van der Waals surface area (Å²) in [5.41, 5.74) is 8.48. The van der Waals surface area contributed by atoms with Gasteiger partial charge >= 0.3 is 5.82 Å². The van der Waals surface area contributed by atoms with Gasteiger partial charge in [-0.3, -0.25) is 10.5 Å². The van der Waals surface area contributed by atoms with E-state index in [4.69, 9.17) is 28.0 Å². The van der Waals surface area contributed by atoms with Crippen LogP contribution in [0.2, 0.25) is 0 Å². The number of anilines is 2. The van der Waals surface area contributed by atoms with Gasteiger partial charge in [-0.2, -0.15) is 0 Å². The fraction of sp³-hybridized carbons (Fsp3) is 0.318. The molecule has 0 saturated heterocycles. The maximum atomic E-state index is 12.3. The molecule has 0 spiro atoms. The number of H-pyrrole nitrogens is 1. The second kappa shape index (κ2) is 10.5. The van der Waals surface area contributed by atoms with E-state index in [-0.39, 0.29) is 17.7 Å². The van der Waals surface area contributed by atoms with Gasteiger partial charge in [-0.05, 0) is 11.1 Å². The zero-order valence-corrected chi connectivity index (χ0v) is 19.9. The molecule has 0 aliphatic heterocycles. The maximum Gasteiger partial charge on any atom is 0.313 e. The fourth-order valence-corrected chi connectivity index (χ4v) is 2.70. The van der Waals surface area contributed by atoms with Crippen molar-refractivity contribution in [2.24, 2.45) is 0 Å². The Morgan fingerprint density at radius 2 is 1.82 bits per heavy atom. The van der Waals surface area contributed by atoms with Gasteiger partial charge in [-0.25, -0.2) is 13.4 Å². The Labute approximate surface area is 192 Å². The Hall–Kier alpha value is -3.44. The normalized spacial score (nSPS) is 11.3. The van der Waals surface area contributed by atoms with Crippen LogP contribution < -0.4 is 20.8 Å². The van der Waals surface area contributed by atoms with Crippen LogP contribution in [0.3, 0.4) is 0 Å². The van der Waals surface area contributed by atoms with Crippen molar-refractivity contribution in [1.82, 2.24) is 5.16 Å². The molecule has 11 heteroatoms. The molecule has 3 rings (SSSR count). The molecule has 0 atom stereocenters. The third kappa shape index (κ3) is 8.54. The lowest BCUT2D eigenvalue weighted by Gasteiger charge is -2.12. The van der Waals surface area contributed by atoms with Gasteiger partial charge in [0.05, 0.1) is 29.8 Å². The number of aromatic nitrogens is 2. The summed E-state index contributed by atoms with van der Waals surface area (Å²) in [5, 5.41) is 6.68. The minimum Gasteiger partial charge on any atom is -0.748 e. The number of amides is 1. The van der Waals surface area contributed by atoms with Gasteiger partial charge in [0.2, 0.25) is 11.7 Å². The molecular weight excluding hydrogens is 448 g/mol. The number of hydrogen-bond donors (Lipinski definition) is 2. The highest BCUT2D eigenvalue weighted by molar-refractivity contribution is 7.84. The van der Waals surface area contributed by atoms with Crippen LogP contribution in [0.1, 0.15) is 32.1 Å². The summed E-state index contributed by atoms with van der Waals surface area (Å²) in [5.74, 6) is 2.06. The number of carbonyl (C=O) groups excluding carboxylic acids is 1. The van der Waals surface area contributed by atoms with E-state index >= 15 is 0 Å². The second-order valence-electron chi connectivity index (χ2n) is 8.32. The van der Waals surface area contributed by atoms with Gasteiger partial charge < -0.3 is 19.1 Å². The Bertz CT molecular complexity index is 1190. The molecule has 0 fully saturated rings. The molecule has 2 heterocycles. The molecule has 2 aromatic heterocycles. The second-order valence-corrected chi connectivity index (χ2v) is 9.73. The highest BCUT2D eigenvalue weighted by atomic mass is 32.2. The van der Waals surface area contributed by atoms with Crippen molar-refractivity contribution >= 4 is 27.7 Å². The third-order valence-corrected chi connectivity index (χ3v) is 4.32. The molecule has 178 valence electrons. The highest BCUT2D eigenvalue weighted by Crippen LogP contribution is 2.26. The molecule has 0 aliphatic carbocycles. The first-order valence-corrected chi connectivity index (χ1v) is 11.7. The standard InChI is InChI=1S/C21H24N4O3.CH4O3S/c1-21(2,3)17-11-18(25-28-17)24-19(26)9-13-5-7-14(8-6-13)15-10-16(27-4)20(22)23-12-15;1-5(2,3)4/h5-8,10-12H,9H2,1-4H3,(H2,22,23)(H,24,25,26);1H3,(H,2,3,4). The topological polar surface area (TPSA) is 162 Å². The van der Waals surface area contributed by atoms with E-state index in [2.05, 4.69) is 15.5 Å². The van der Waals surface area contributed by atoms with Crippen molar-refractivity contribution in [1.29, 1.82) is 0 Å². The van der Waals surface area contributed by atoms with Gasteiger partial charge in [0, 0.05) is 29.4 Å². The van der Waals surface area contributed by atoms with Crippen LogP contribution in [0, 0.1) is 0 Å². The van der Waals surface area contributed by atoms with Crippen LogP contribution in [0.5, 0.6) is 5.75 Å². The summed E-state index contributed by atoms with van der Waals surface area (Å²) < 4.78 is 37.8. The molecule has 10 nitrogen and oxygen atoms in total. The first kappa shape index (κ1) is 25.8. The van der Waals surface area contributed by atoms with Crippen LogP contribution in [-0.2, 0) is 26.7 Å². The van der Waals surface area contributed by atoms with Crippen LogP contribution >= 0.6 is 0 Å². The number of benzene rings is 1. The van der Waals surface area contributed by atoms with Crippen LogP contribution in [-0.4, -0.2) is 37.4 Å². The van der Waals surface area contributed by atoms with Gasteiger partial charge in [0.15, 0.2) is 5.82 Å². The molecule has 0 aliphatic rings. The molecule has 1 aromatic carbocycles. The first-order chi connectivity index (χ1) is 15.3. The lowest BCUT2D eigenvalue weighted by Crippen LogP contribution is -2.14. The number of nitrogen functional groups attached to an aromatic ring is 1. The van der Waals surface area contributed by atoms with E-state index in [0.29, 0.717) is 23.6 Å². The van der Waals surface area contributed by atoms with Crippen LogP contribution in [0.25, 0.3) is 11.1 Å². The third-order valence-electron chi connectivity index (χ3n) is 4.32. The van der Waals surface area contributed by atoms with Gasteiger partial charge in [-0.1, -0.05) is 50.2 Å². The van der Waals surface area contributed by atoms with Crippen molar-refractivity contribution in [3.8, 4) is 16.9 Å². The smallest absolute Gasteiger partial charge is 0.313 e. The molecular formula is C22H28N4O6S. The van der Waals surface area contributed by atoms with Crippen molar-refractivity contribution in [2.45, 2.75) is 32.6 Å². The van der Waals surface area contributed by atoms with Gasteiger partial charge in [0.1, 0.15) is 5.76 Å². The van der Waals surface area contributed by atoms with Gasteiger partial charge in [0.25, 0.3) is 0 Å². The number of hydrogen-bond acceptors (Lipinski definition) is 8. The van der Waals surface area contributed by atoms with E-state index in [0.717, 1.165) is 22.5 Å². The molecule has 0 bridgehead atoms. The molecule has 3 aromatic rings. The summed E-state index contributed by atoms with van der Waals surface area (Å²) in [6.07, 6.45) is 2.67. The van der Waals surface area contributed by atoms with Crippen molar-refractivity contribution in [3.05, 3.63) is 53.9 Å². The van der Waals surface area contributed by atoms with Crippen LogP contribution in [0.4, 0.5) is 11.6 Å². The number of nitrogens with zero attached hydrogens (tertiary/aromatic N) is 1. The number of nitrogens with two attached hydrogens (primary N) is 1. The van der Waals surface area contributed by atoms with E-state index < -0.39 is 10.1 Å². The quantitative estimate of drug-likeness (QED) is 0.530. The zero-order valence-electron chi connectivity index (χ0n) is 19.1. The number of ether oxygens (including phenoxy) is 1. The predicted octanol–water partition coefficient (Wildman–Crippen LogP) is 2.39. The van der Waals surface area contributed by atoms with E-state index in [1.807, 2.05) is 57.3 Å². The Kier molecular flexibility index (Phi) is 8.18. The van der Waals surface area contributed by atoms with Crippen molar-refractivity contribution < 1.29 is 32.0 Å². The molecule has 1 amide bonds. The summed E-state index contributed by atoms with van der Waals surface area (Å²) in [6.45, 7) is 6.07. The van der Waals surface area contributed by atoms with Gasteiger partial charge in [-0.15, -0.1) is 0 Å². The molecule has 0 saturated carbocycles. The Morgan fingerprint density at radius 3 is 2.33 bits per heavy atom. The summed E-state index contributed by atoms with van der Waals surface area (Å²) in [7, 11) is -2.34. The number of rotatable bonds is 5. The molecule has 0 unspecified atom stereocenters. The largest absolute Gasteiger partial charge is 0.748 e. The average Bonchev–Trinajstić information content (AvgIpc) is 3.16. The maximum absolute atomic E-state index is 12.3. The lowest BCUT2D eigenvalue weighted by atomic mass is 9.93. The molecule has 33 heavy (non-hydrogen) atoms. The SMILES string of the molecule is COc1cc(-c2ccc(CC(=O)Nc3cc(C(C)(C)C)on3)cc2)c[nH+]c1N.CS(=O)(=O)[O-]. The minimum absolute atomic E-state index is 0.149. The average molecular weight is 477 g/mol. The fourth-order valence-electron chi connectivity index (χ4n) is 2.70. The van der Waals surface area contributed by atoms with E-state index in [1.54, 1.807) is 13.2 Å². The highest BCUT2D eigenvalue weighted by Gasteiger charge is 2.20. The number of methoxy groups -OCH3 is 1. The number of nitrogens with one attached hydrogen (secondary N) is 2.